The van der Waals surface area contributed by atoms with E-state index in [4.69, 9.17) is 5.11 Å². The Labute approximate surface area is 123 Å². The summed E-state index contributed by atoms with van der Waals surface area (Å²) in [5, 5.41) is 21.7. The number of aromatic nitrogens is 3. The predicted molar refractivity (Wildman–Crippen MR) is 77.1 cm³/mol. The highest BCUT2D eigenvalue weighted by molar-refractivity contribution is 5.88. The number of aryl methyl sites for hydroxylation is 2. The van der Waals surface area contributed by atoms with Gasteiger partial charge < -0.3 is 10.4 Å². The Hall–Kier alpha value is -2.25. The monoisotopic (exact) mass is 295 g/mol. The van der Waals surface area contributed by atoms with Gasteiger partial charge in [-0.3, -0.25) is 10.1 Å². The average Bonchev–Trinajstić information content (AvgIpc) is 2.35. The summed E-state index contributed by atoms with van der Waals surface area (Å²) in [5.41, 5.74) is 0.711. The minimum Gasteiger partial charge on any atom is -0.481 e. The lowest BCUT2D eigenvalue weighted by molar-refractivity contribution is -0.138. The van der Waals surface area contributed by atoms with Gasteiger partial charge in [-0.25, -0.2) is 9.78 Å². The fraction of sp³-hybridized carbons (Fsp3) is 0.615. The third-order valence-corrected chi connectivity index (χ3v) is 2.78. The number of carbonyl (C=O) groups excluding carboxylic acids is 1. The molecule has 1 aromatic rings. The molecule has 1 aromatic heterocycles. The van der Waals surface area contributed by atoms with Crippen molar-refractivity contribution in [3.63, 3.8) is 0 Å². The molecule has 8 heteroatoms. The van der Waals surface area contributed by atoms with E-state index < -0.39 is 17.5 Å². The Morgan fingerprint density at radius 2 is 1.76 bits per heavy atom. The van der Waals surface area contributed by atoms with Gasteiger partial charge in [0.25, 0.3) is 5.95 Å². The van der Waals surface area contributed by atoms with E-state index in [0.29, 0.717) is 6.42 Å². The van der Waals surface area contributed by atoms with E-state index in [0.717, 1.165) is 17.8 Å². The number of nitrogens with one attached hydrogen (secondary N) is 2. The van der Waals surface area contributed by atoms with E-state index in [1.807, 2.05) is 13.8 Å². The van der Waals surface area contributed by atoms with Crippen molar-refractivity contribution < 1.29 is 14.7 Å². The summed E-state index contributed by atoms with van der Waals surface area (Å²) < 4.78 is 0. The second-order valence-corrected chi connectivity index (χ2v) is 5.27. The molecule has 1 rings (SSSR count). The van der Waals surface area contributed by atoms with Crippen LogP contribution in [0.1, 0.15) is 45.5 Å². The van der Waals surface area contributed by atoms with Crippen molar-refractivity contribution >= 4 is 17.9 Å². The highest BCUT2D eigenvalue weighted by Crippen LogP contribution is 2.10. The maximum absolute atomic E-state index is 11.8. The molecule has 0 aliphatic carbocycles. The number of hydrogen-bond donors (Lipinski definition) is 3. The zero-order valence-corrected chi connectivity index (χ0v) is 12.7. The predicted octanol–water partition coefficient (Wildman–Crippen LogP) is 1.37. The molecular weight excluding hydrogens is 274 g/mol. The quantitative estimate of drug-likeness (QED) is 0.729. The molecule has 8 nitrogen and oxygen atoms in total. The molecule has 0 spiro atoms. The van der Waals surface area contributed by atoms with Crippen molar-refractivity contribution in [2.45, 2.75) is 52.5 Å². The van der Waals surface area contributed by atoms with Gasteiger partial charge in [0.05, 0.1) is 17.8 Å². The van der Waals surface area contributed by atoms with Gasteiger partial charge in [0, 0.05) is 5.54 Å². The van der Waals surface area contributed by atoms with Crippen molar-refractivity contribution in [2.75, 3.05) is 5.32 Å². The molecule has 0 saturated carbocycles. The number of hydrogen-bond acceptors (Lipinski definition) is 5. The molecule has 0 aromatic carbocycles. The summed E-state index contributed by atoms with van der Waals surface area (Å²) in [6, 6.07) is -0.561. The minimum absolute atomic E-state index is 0.104. The van der Waals surface area contributed by atoms with E-state index >= 15 is 0 Å². The van der Waals surface area contributed by atoms with Crippen LogP contribution < -0.4 is 10.6 Å². The van der Waals surface area contributed by atoms with Gasteiger partial charge in [-0.05, 0) is 26.7 Å². The van der Waals surface area contributed by atoms with Crippen LogP contribution >= 0.6 is 0 Å². The van der Waals surface area contributed by atoms with Gasteiger partial charge in [0.2, 0.25) is 0 Å². The lowest BCUT2D eigenvalue weighted by Gasteiger charge is -2.24. The first-order chi connectivity index (χ1) is 9.77. The Bertz CT molecular complexity index is 531. The maximum atomic E-state index is 11.8. The Balaban J connectivity index is 2.73. The number of carboxylic acids is 1. The van der Waals surface area contributed by atoms with Crippen molar-refractivity contribution in [3.8, 4) is 0 Å². The fourth-order valence-electron chi connectivity index (χ4n) is 1.85. The van der Waals surface area contributed by atoms with E-state index in [1.165, 1.54) is 0 Å². The molecule has 116 valence electrons. The second kappa shape index (κ2) is 6.96. The van der Waals surface area contributed by atoms with Crippen LogP contribution in [0.4, 0.5) is 10.7 Å². The molecule has 1 heterocycles. The zero-order chi connectivity index (χ0) is 16.0. The van der Waals surface area contributed by atoms with Gasteiger partial charge in [-0.15, -0.1) is 10.2 Å². The van der Waals surface area contributed by atoms with Crippen LogP contribution in [0.3, 0.4) is 0 Å². The van der Waals surface area contributed by atoms with Crippen LogP contribution in [-0.2, 0) is 17.6 Å². The summed E-state index contributed by atoms with van der Waals surface area (Å²) in [6.45, 7) is 7.15. The summed E-state index contributed by atoms with van der Waals surface area (Å²) in [5.74, 6) is -0.883. The molecule has 3 N–H and O–H groups in total. The zero-order valence-electron chi connectivity index (χ0n) is 12.7. The standard InChI is InChI=1S/C13H21N5O3/c1-5-8-9(6-2)17-18-11(14-8)15-12(21)16-13(3,4)7-10(19)20/h5-7H2,1-4H3,(H,19,20)(H2,14,15,16,18,21). The number of urea groups is 1. The topological polar surface area (TPSA) is 117 Å². The van der Waals surface area contributed by atoms with E-state index in [2.05, 4.69) is 25.8 Å². The van der Waals surface area contributed by atoms with Gasteiger partial charge in [0.1, 0.15) is 0 Å². The number of carboxylic acid groups (broad SMARTS) is 1. The van der Waals surface area contributed by atoms with Crippen LogP contribution in [0.25, 0.3) is 0 Å². The highest BCUT2D eigenvalue weighted by atomic mass is 16.4. The van der Waals surface area contributed by atoms with E-state index in [9.17, 15) is 9.59 Å². The largest absolute Gasteiger partial charge is 0.481 e. The van der Waals surface area contributed by atoms with Crippen molar-refractivity contribution in [3.05, 3.63) is 11.4 Å². The highest BCUT2D eigenvalue weighted by Gasteiger charge is 2.24. The summed E-state index contributed by atoms with van der Waals surface area (Å²) in [7, 11) is 0. The van der Waals surface area contributed by atoms with Crippen molar-refractivity contribution in [1.82, 2.24) is 20.5 Å². The number of amides is 2. The van der Waals surface area contributed by atoms with Crippen LogP contribution in [0.15, 0.2) is 0 Å². The number of anilines is 1. The third kappa shape index (κ3) is 5.33. The number of rotatable bonds is 6. The molecule has 0 aliphatic rings. The van der Waals surface area contributed by atoms with Crippen LogP contribution in [0.5, 0.6) is 0 Å². The SMILES string of the molecule is CCc1nnc(NC(=O)NC(C)(C)CC(=O)O)nc1CC. The van der Waals surface area contributed by atoms with Gasteiger partial charge >= 0.3 is 12.0 Å². The first-order valence-electron chi connectivity index (χ1n) is 6.80. The number of nitrogens with zero attached hydrogens (tertiary/aromatic N) is 3. The van der Waals surface area contributed by atoms with Crippen molar-refractivity contribution in [1.29, 1.82) is 0 Å². The molecule has 0 aliphatic heterocycles. The Morgan fingerprint density at radius 3 is 2.29 bits per heavy atom. The average molecular weight is 295 g/mol. The fourth-order valence-corrected chi connectivity index (χ4v) is 1.85. The molecule has 0 unspecified atom stereocenters. The first kappa shape index (κ1) is 16.8. The molecule has 0 atom stereocenters. The molecule has 0 fully saturated rings. The molecule has 2 amide bonds. The first-order valence-corrected chi connectivity index (χ1v) is 6.80. The van der Waals surface area contributed by atoms with Gasteiger partial charge in [-0.2, -0.15) is 0 Å². The third-order valence-electron chi connectivity index (χ3n) is 2.78. The molecule has 0 radical (unpaired) electrons. The van der Waals surface area contributed by atoms with Crippen LogP contribution in [-0.4, -0.2) is 37.8 Å². The summed E-state index contributed by atoms with van der Waals surface area (Å²) >= 11 is 0. The normalized spacial score (nSPS) is 11.0. The van der Waals surface area contributed by atoms with Crippen LogP contribution in [0, 0.1) is 0 Å². The van der Waals surface area contributed by atoms with E-state index in [1.54, 1.807) is 13.8 Å². The maximum Gasteiger partial charge on any atom is 0.322 e. The molecule has 0 bridgehead atoms. The van der Waals surface area contributed by atoms with Gasteiger partial charge in [-0.1, -0.05) is 13.8 Å². The number of carbonyl (C=O) groups is 2. The Kier molecular flexibility index (Phi) is 5.57. The summed E-state index contributed by atoms with van der Waals surface area (Å²) in [6.07, 6.45) is 1.23. The van der Waals surface area contributed by atoms with E-state index in [-0.39, 0.29) is 12.4 Å². The smallest absolute Gasteiger partial charge is 0.322 e. The molecule has 0 saturated heterocycles. The molecular formula is C13H21N5O3. The minimum atomic E-state index is -0.987. The molecule has 21 heavy (non-hydrogen) atoms. The Morgan fingerprint density at radius 1 is 1.14 bits per heavy atom. The summed E-state index contributed by atoms with van der Waals surface area (Å²) in [4.78, 5) is 26.8. The second-order valence-electron chi connectivity index (χ2n) is 5.27. The lowest BCUT2D eigenvalue weighted by atomic mass is 10.0. The van der Waals surface area contributed by atoms with Crippen LogP contribution in [0.2, 0.25) is 0 Å². The van der Waals surface area contributed by atoms with Gasteiger partial charge in [0.15, 0.2) is 0 Å². The van der Waals surface area contributed by atoms with Crippen molar-refractivity contribution in [2.24, 2.45) is 0 Å². The number of aliphatic carboxylic acids is 1. The lowest BCUT2D eigenvalue weighted by Crippen LogP contribution is -2.47.